The van der Waals surface area contributed by atoms with Gasteiger partial charge in [-0.05, 0) is 11.1 Å². The lowest BCUT2D eigenvalue weighted by Gasteiger charge is -2.03. The van der Waals surface area contributed by atoms with Crippen molar-refractivity contribution in [2.75, 3.05) is 0 Å². The first-order chi connectivity index (χ1) is 10.3. The molecule has 0 spiro atoms. The molecule has 0 saturated carbocycles. The molecular weight excluding hydrogens is 287 g/mol. The molecule has 0 saturated heterocycles. The number of hydrogen-bond donors (Lipinski definition) is 1. The Balaban J connectivity index is 2.18. The van der Waals surface area contributed by atoms with Gasteiger partial charge in [0, 0.05) is 10.1 Å². The van der Waals surface area contributed by atoms with Crippen LogP contribution in [0.1, 0.15) is 0 Å². The lowest BCUT2D eigenvalue weighted by Crippen LogP contribution is -1.84. The molecule has 3 aromatic rings. The van der Waals surface area contributed by atoms with Crippen LogP contribution in [0.4, 0.5) is 0 Å². The summed E-state index contributed by atoms with van der Waals surface area (Å²) in [7, 11) is -2.78. The van der Waals surface area contributed by atoms with Crippen molar-refractivity contribution in [3.8, 4) is 28.2 Å². The van der Waals surface area contributed by atoms with E-state index in [1.807, 2.05) is 60.7 Å². The van der Waals surface area contributed by atoms with Crippen LogP contribution in [0.15, 0.2) is 71.3 Å². The Bertz CT molecular complexity index is 750. The smallest absolute Gasteiger partial charge is 0.430 e. The van der Waals surface area contributed by atoms with E-state index < -0.39 is 8.25 Å². The molecular formula is C16H12O4P+. The molecule has 1 N–H and O–H groups in total. The minimum absolute atomic E-state index is 0.0451. The Kier molecular flexibility index (Phi) is 3.82. The molecule has 0 radical (unpaired) electrons. The van der Waals surface area contributed by atoms with Gasteiger partial charge in [-0.2, -0.15) is 4.52 Å². The Morgan fingerprint density at radius 3 is 2.05 bits per heavy atom. The molecule has 104 valence electrons. The van der Waals surface area contributed by atoms with Crippen molar-refractivity contribution in [2.24, 2.45) is 0 Å². The van der Waals surface area contributed by atoms with Gasteiger partial charge in [-0.25, -0.2) is 0 Å². The van der Waals surface area contributed by atoms with Gasteiger partial charge in [0.25, 0.3) is 0 Å². The van der Waals surface area contributed by atoms with E-state index >= 15 is 0 Å². The van der Waals surface area contributed by atoms with Gasteiger partial charge in [0.05, 0.1) is 5.56 Å². The third-order valence-electron chi connectivity index (χ3n) is 3.07. The Labute approximate surface area is 122 Å². The summed E-state index contributed by atoms with van der Waals surface area (Å²) in [6.07, 6.45) is 1.53. The fraction of sp³-hybridized carbons (Fsp3) is 0. The molecule has 21 heavy (non-hydrogen) atoms. The normalized spacial score (nSPS) is 11.2. The maximum atomic E-state index is 11.0. The summed E-state index contributed by atoms with van der Waals surface area (Å²) in [5.74, 6) is 0.0451. The van der Waals surface area contributed by atoms with E-state index in [-0.39, 0.29) is 5.95 Å². The van der Waals surface area contributed by atoms with Gasteiger partial charge >= 0.3 is 14.2 Å². The molecule has 0 fully saturated rings. The molecule has 0 aliphatic rings. The maximum absolute atomic E-state index is 11.0. The van der Waals surface area contributed by atoms with Crippen LogP contribution in [-0.2, 0) is 4.57 Å². The topological polar surface area (TPSA) is 59.7 Å². The third-order valence-corrected chi connectivity index (χ3v) is 3.39. The van der Waals surface area contributed by atoms with Crippen LogP contribution in [-0.4, -0.2) is 4.89 Å². The first kappa shape index (κ1) is 13.6. The molecule has 1 atom stereocenters. The summed E-state index contributed by atoms with van der Waals surface area (Å²) in [5, 5.41) is 0. The van der Waals surface area contributed by atoms with E-state index in [9.17, 15) is 4.57 Å². The molecule has 0 bridgehead atoms. The molecule has 1 aromatic heterocycles. The molecule has 1 heterocycles. The predicted octanol–water partition coefficient (Wildman–Crippen LogP) is 4.64. The highest BCUT2D eigenvalue weighted by atomic mass is 31.1. The van der Waals surface area contributed by atoms with Gasteiger partial charge < -0.3 is 4.42 Å². The van der Waals surface area contributed by atoms with Crippen LogP contribution < -0.4 is 4.52 Å². The average Bonchev–Trinajstić information content (AvgIpc) is 2.92. The van der Waals surface area contributed by atoms with Gasteiger partial charge in [-0.1, -0.05) is 60.7 Å². The first-order valence-electron chi connectivity index (χ1n) is 6.32. The fourth-order valence-corrected chi connectivity index (χ4v) is 2.46. The lowest BCUT2D eigenvalue weighted by atomic mass is 9.99. The zero-order valence-electron chi connectivity index (χ0n) is 11.0. The SMILES string of the molecule is O=[P+](O)Oc1occ(-c2ccccc2)c1-c1ccccc1. The predicted molar refractivity (Wildman–Crippen MR) is 80.0 cm³/mol. The molecule has 0 amide bonds. The maximum Gasteiger partial charge on any atom is 0.750 e. The average molecular weight is 299 g/mol. The summed E-state index contributed by atoms with van der Waals surface area (Å²) in [4.78, 5) is 8.98. The van der Waals surface area contributed by atoms with Crippen LogP contribution in [0, 0.1) is 0 Å². The van der Waals surface area contributed by atoms with Crippen LogP contribution >= 0.6 is 8.25 Å². The Morgan fingerprint density at radius 1 is 0.905 bits per heavy atom. The van der Waals surface area contributed by atoms with Crippen molar-refractivity contribution in [3.05, 3.63) is 66.9 Å². The Hall–Kier alpha value is -2.42. The van der Waals surface area contributed by atoms with E-state index in [0.717, 1.165) is 16.7 Å². The summed E-state index contributed by atoms with van der Waals surface area (Å²) in [6, 6.07) is 19.1. The van der Waals surface area contributed by atoms with E-state index in [0.29, 0.717) is 5.56 Å². The van der Waals surface area contributed by atoms with Crippen LogP contribution in [0.2, 0.25) is 0 Å². The zero-order valence-corrected chi connectivity index (χ0v) is 11.9. The molecule has 3 rings (SSSR count). The van der Waals surface area contributed by atoms with Gasteiger partial charge in [-0.15, -0.1) is 4.89 Å². The molecule has 1 unspecified atom stereocenters. The lowest BCUT2D eigenvalue weighted by molar-refractivity contribution is 0.349. The summed E-state index contributed by atoms with van der Waals surface area (Å²) < 4.78 is 21.2. The second kappa shape index (κ2) is 5.92. The second-order valence-corrected chi connectivity index (χ2v) is 5.03. The number of furan rings is 1. The van der Waals surface area contributed by atoms with Crippen LogP contribution in [0.25, 0.3) is 22.3 Å². The van der Waals surface area contributed by atoms with Gasteiger partial charge in [0.1, 0.15) is 6.26 Å². The van der Waals surface area contributed by atoms with Gasteiger partial charge in [0.15, 0.2) is 0 Å². The van der Waals surface area contributed by atoms with Crippen molar-refractivity contribution in [1.29, 1.82) is 0 Å². The fourth-order valence-electron chi connectivity index (χ4n) is 2.19. The second-order valence-electron chi connectivity index (χ2n) is 4.37. The summed E-state index contributed by atoms with van der Waals surface area (Å²) in [6.45, 7) is 0. The monoisotopic (exact) mass is 299 g/mol. The number of benzene rings is 2. The van der Waals surface area contributed by atoms with Gasteiger partial charge in [-0.3, -0.25) is 0 Å². The highest BCUT2D eigenvalue weighted by Crippen LogP contribution is 2.43. The quantitative estimate of drug-likeness (QED) is 0.713. The van der Waals surface area contributed by atoms with Gasteiger partial charge in [0.2, 0.25) is 0 Å². The first-order valence-corrected chi connectivity index (χ1v) is 7.45. The molecule has 0 aliphatic heterocycles. The minimum Gasteiger partial charge on any atom is -0.430 e. The van der Waals surface area contributed by atoms with E-state index in [1.54, 1.807) is 0 Å². The van der Waals surface area contributed by atoms with Crippen molar-refractivity contribution in [3.63, 3.8) is 0 Å². The van der Waals surface area contributed by atoms with E-state index in [2.05, 4.69) is 0 Å². The van der Waals surface area contributed by atoms with E-state index in [4.69, 9.17) is 13.8 Å². The number of hydrogen-bond acceptors (Lipinski definition) is 3. The molecule has 2 aromatic carbocycles. The van der Waals surface area contributed by atoms with Crippen LogP contribution in [0.3, 0.4) is 0 Å². The summed E-state index contributed by atoms with van der Waals surface area (Å²) >= 11 is 0. The van der Waals surface area contributed by atoms with Crippen molar-refractivity contribution in [2.45, 2.75) is 0 Å². The minimum atomic E-state index is -2.78. The third kappa shape index (κ3) is 2.87. The highest BCUT2D eigenvalue weighted by Gasteiger charge is 2.26. The van der Waals surface area contributed by atoms with Crippen molar-refractivity contribution >= 4 is 8.25 Å². The van der Waals surface area contributed by atoms with Crippen molar-refractivity contribution < 1.29 is 18.4 Å². The van der Waals surface area contributed by atoms with E-state index in [1.165, 1.54) is 6.26 Å². The van der Waals surface area contributed by atoms with Crippen molar-refractivity contribution in [1.82, 2.24) is 0 Å². The molecule has 4 nitrogen and oxygen atoms in total. The number of rotatable bonds is 4. The molecule has 5 heteroatoms. The zero-order chi connectivity index (χ0) is 14.7. The largest absolute Gasteiger partial charge is 0.750 e. The Morgan fingerprint density at radius 2 is 1.48 bits per heavy atom. The standard InChI is InChI=1S/C16H11O4P/c17-21(18)20-16-15(13-9-5-2-6-10-13)14(11-19-16)12-7-3-1-4-8-12/h1-11H/p+1. The summed E-state index contributed by atoms with van der Waals surface area (Å²) in [5.41, 5.74) is 3.29. The highest BCUT2D eigenvalue weighted by molar-refractivity contribution is 7.32. The molecule has 0 aliphatic carbocycles. The van der Waals surface area contributed by atoms with Crippen LogP contribution in [0.5, 0.6) is 5.95 Å².